The van der Waals surface area contributed by atoms with Gasteiger partial charge in [-0.3, -0.25) is 4.79 Å². The van der Waals surface area contributed by atoms with Crippen molar-refractivity contribution < 1.29 is 4.79 Å². The van der Waals surface area contributed by atoms with Gasteiger partial charge in [-0.15, -0.1) is 5.10 Å². The Hall–Kier alpha value is -1.65. The van der Waals surface area contributed by atoms with E-state index in [0.717, 1.165) is 44.0 Å². The highest BCUT2D eigenvalue weighted by molar-refractivity contribution is 5.80. The summed E-state index contributed by atoms with van der Waals surface area (Å²) in [6.45, 7) is 4.65. The maximum atomic E-state index is 11.5. The van der Waals surface area contributed by atoms with Crippen LogP contribution in [0.3, 0.4) is 0 Å². The van der Waals surface area contributed by atoms with Crippen molar-refractivity contribution in [3.05, 3.63) is 17.8 Å². The lowest BCUT2D eigenvalue weighted by molar-refractivity contribution is -0.122. The number of nitrogens with zero attached hydrogens (tertiary/aromatic N) is 3. The Kier molecular flexibility index (Phi) is 2.89. The average Bonchev–Trinajstić information content (AvgIpc) is 3.13. The lowest BCUT2D eigenvalue weighted by Gasteiger charge is -2.39. The second-order valence-corrected chi connectivity index (χ2v) is 5.32. The fraction of sp³-hybridized carbons (Fsp3) is 0.615. The van der Waals surface area contributed by atoms with Gasteiger partial charge in [0.2, 0.25) is 5.91 Å². The summed E-state index contributed by atoms with van der Waals surface area (Å²) in [6, 6.07) is 3.98. The van der Waals surface area contributed by atoms with Crippen LogP contribution in [-0.4, -0.2) is 35.7 Å². The average molecular weight is 246 g/mol. The standard InChI is InChI=1S/C13H18N4O/c1-9-2-5-12(16-15-9)17-7-10(8-17)6-14-13(18)11-3-4-11/h2,5,10-11H,3-4,6-8H2,1H3,(H,14,18). The molecule has 5 heteroatoms. The van der Waals surface area contributed by atoms with E-state index in [1.54, 1.807) is 0 Å². The van der Waals surface area contributed by atoms with Crippen LogP contribution in [0.25, 0.3) is 0 Å². The molecule has 0 spiro atoms. The molecule has 2 heterocycles. The monoisotopic (exact) mass is 246 g/mol. The quantitative estimate of drug-likeness (QED) is 0.851. The molecule has 0 radical (unpaired) electrons. The van der Waals surface area contributed by atoms with E-state index in [9.17, 15) is 4.79 Å². The Morgan fingerprint density at radius 3 is 2.78 bits per heavy atom. The summed E-state index contributed by atoms with van der Waals surface area (Å²) in [4.78, 5) is 13.7. The van der Waals surface area contributed by atoms with Crippen molar-refractivity contribution in [2.45, 2.75) is 19.8 Å². The fourth-order valence-electron chi connectivity index (χ4n) is 2.18. The minimum absolute atomic E-state index is 0.239. The van der Waals surface area contributed by atoms with Crippen molar-refractivity contribution in [2.75, 3.05) is 24.5 Å². The van der Waals surface area contributed by atoms with Gasteiger partial charge in [0.25, 0.3) is 0 Å². The zero-order valence-corrected chi connectivity index (χ0v) is 10.6. The molecule has 96 valence electrons. The number of amides is 1. The molecule has 5 nitrogen and oxygen atoms in total. The van der Waals surface area contributed by atoms with Crippen LogP contribution in [0.15, 0.2) is 12.1 Å². The number of nitrogens with one attached hydrogen (secondary N) is 1. The van der Waals surface area contributed by atoms with Gasteiger partial charge in [0.1, 0.15) is 0 Å². The third-order valence-corrected chi connectivity index (χ3v) is 3.58. The molecule has 1 aromatic rings. The summed E-state index contributed by atoms with van der Waals surface area (Å²) in [6.07, 6.45) is 2.14. The van der Waals surface area contributed by atoms with Gasteiger partial charge < -0.3 is 10.2 Å². The molecule has 18 heavy (non-hydrogen) atoms. The van der Waals surface area contributed by atoms with Crippen LogP contribution in [-0.2, 0) is 4.79 Å². The molecule has 0 atom stereocenters. The Balaban J connectivity index is 1.42. The number of hydrogen-bond acceptors (Lipinski definition) is 4. The van der Waals surface area contributed by atoms with Gasteiger partial charge in [-0.25, -0.2) is 0 Å². The molecular formula is C13H18N4O. The van der Waals surface area contributed by atoms with Crippen LogP contribution >= 0.6 is 0 Å². The Bertz CT molecular complexity index is 435. The van der Waals surface area contributed by atoms with Gasteiger partial charge in [0.05, 0.1) is 5.69 Å². The molecule has 1 saturated heterocycles. The van der Waals surface area contributed by atoms with Crippen LogP contribution in [0.5, 0.6) is 0 Å². The first kappa shape index (κ1) is 11.4. The molecule has 2 aliphatic rings. The summed E-state index contributed by atoms with van der Waals surface area (Å²) >= 11 is 0. The molecule has 1 amide bonds. The van der Waals surface area contributed by atoms with Crippen LogP contribution in [0, 0.1) is 18.8 Å². The Labute approximate surface area is 107 Å². The van der Waals surface area contributed by atoms with E-state index < -0.39 is 0 Å². The smallest absolute Gasteiger partial charge is 0.223 e. The van der Waals surface area contributed by atoms with Crippen molar-refractivity contribution in [3.8, 4) is 0 Å². The van der Waals surface area contributed by atoms with Crippen molar-refractivity contribution in [1.82, 2.24) is 15.5 Å². The zero-order chi connectivity index (χ0) is 12.5. The van der Waals surface area contributed by atoms with Crippen molar-refractivity contribution in [2.24, 2.45) is 11.8 Å². The largest absolute Gasteiger partial charge is 0.355 e. The third-order valence-electron chi connectivity index (χ3n) is 3.58. The minimum atomic E-state index is 0.239. The molecule has 1 saturated carbocycles. The van der Waals surface area contributed by atoms with Gasteiger partial charge in [-0.05, 0) is 31.9 Å². The molecule has 1 aliphatic carbocycles. The van der Waals surface area contributed by atoms with Crippen molar-refractivity contribution >= 4 is 11.7 Å². The predicted octanol–water partition coefficient (Wildman–Crippen LogP) is 0.747. The highest BCUT2D eigenvalue weighted by Gasteiger charge is 2.32. The lowest BCUT2D eigenvalue weighted by Crippen LogP contribution is -2.52. The zero-order valence-electron chi connectivity index (χ0n) is 10.6. The van der Waals surface area contributed by atoms with Crippen LogP contribution < -0.4 is 10.2 Å². The second kappa shape index (κ2) is 4.55. The number of rotatable bonds is 4. The molecule has 1 aliphatic heterocycles. The molecule has 2 fully saturated rings. The van der Waals surface area contributed by atoms with E-state index in [-0.39, 0.29) is 5.91 Å². The van der Waals surface area contributed by atoms with Crippen LogP contribution in [0.1, 0.15) is 18.5 Å². The minimum Gasteiger partial charge on any atom is -0.355 e. The van der Waals surface area contributed by atoms with Gasteiger partial charge in [0.15, 0.2) is 5.82 Å². The summed E-state index contributed by atoms with van der Waals surface area (Å²) in [5.41, 5.74) is 0.938. The number of carbonyl (C=O) groups excluding carboxylic acids is 1. The highest BCUT2D eigenvalue weighted by Crippen LogP contribution is 2.29. The maximum Gasteiger partial charge on any atom is 0.223 e. The number of aryl methyl sites for hydroxylation is 1. The third kappa shape index (κ3) is 2.44. The number of aromatic nitrogens is 2. The number of carbonyl (C=O) groups is 1. The van der Waals surface area contributed by atoms with E-state index in [1.807, 2.05) is 19.1 Å². The molecule has 0 unspecified atom stereocenters. The van der Waals surface area contributed by atoms with E-state index in [0.29, 0.717) is 11.8 Å². The first-order valence-electron chi connectivity index (χ1n) is 6.55. The molecule has 3 rings (SSSR count). The first-order chi connectivity index (χ1) is 8.72. The summed E-state index contributed by atoms with van der Waals surface area (Å²) in [5.74, 6) is 2.04. The molecular weight excluding hydrogens is 228 g/mol. The number of hydrogen-bond donors (Lipinski definition) is 1. The topological polar surface area (TPSA) is 58.1 Å². The Morgan fingerprint density at radius 1 is 1.39 bits per heavy atom. The highest BCUT2D eigenvalue weighted by atomic mass is 16.2. The molecule has 0 bridgehead atoms. The SMILES string of the molecule is Cc1ccc(N2CC(CNC(=O)C3CC3)C2)nn1. The van der Waals surface area contributed by atoms with Crippen LogP contribution in [0.4, 0.5) is 5.82 Å². The summed E-state index contributed by atoms with van der Waals surface area (Å²) in [5, 5.41) is 11.2. The van der Waals surface area contributed by atoms with E-state index in [1.165, 1.54) is 0 Å². The van der Waals surface area contributed by atoms with Gasteiger partial charge >= 0.3 is 0 Å². The van der Waals surface area contributed by atoms with Gasteiger partial charge in [-0.2, -0.15) is 5.10 Å². The molecule has 1 N–H and O–H groups in total. The first-order valence-corrected chi connectivity index (χ1v) is 6.55. The van der Waals surface area contributed by atoms with Crippen molar-refractivity contribution in [1.29, 1.82) is 0 Å². The van der Waals surface area contributed by atoms with E-state index in [2.05, 4.69) is 20.4 Å². The Morgan fingerprint density at radius 2 is 2.17 bits per heavy atom. The molecule has 0 aromatic carbocycles. The lowest BCUT2D eigenvalue weighted by atomic mass is 10.00. The van der Waals surface area contributed by atoms with Crippen LogP contribution in [0.2, 0.25) is 0 Å². The summed E-state index contributed by atoms with van der Waals surface area (Å²) in [7, 11) is 0. The van der Waals surface area contributed by atoms with E-state index >= 15 is 0 Å². The normalized spacial score (nSPS) is 19.5. The summed E-state index contributed by atoms with van der Waals surface area (Å²) < 4.78 is 0. The van der Waals surface area contributed by atoms with Gasteiger partial charge in [0, 0.05) is 31.5 Å². The maximum absolute atomic E-state index is 11.5. The van der Waals surface area contributed by atoms with E-state index in [4.69, 9.17) is 0 Å². The van der Waals surface area contributed by atoms with Crippen molar-refractivity contribution in [3.63, 3.8) is 0 Å². The predicted molar refractivity (Wildman–Crippen MR) is 68.2 cm³/mol. The van der Waals surface area contributed by atoms with Gasteiger partial charge in [-0.1, -0.05) is 0 Å². The second-order valence-electron chi connectivity index (χ2n) is 5.32. The number of anilines is 1. The molecule has 1 aromatic heterocycles. The fourth-order valence-corrected chi connectivity index (χ4v) is 2.18.